The van der Waals surface area contributed by atoms with Crippen molar-refractivity contribution >= 4 is 26.9 Å². The maximum atomic E-state index is 14.1. The van der Waals surface area contributed by atoms with Crippen LogP contribution < -0.4 is 15.0 Å². The lowest BCUT2D eigenvalue weighted by Gasteiger charge is -2.13. The summed E-state index contributed by atoms with van der Waals surface area (Å²) in [4.78, 5) is 20.4. The van der Waals surface area contributed by atoms with Gasteiger partial charge in [0.25, 0.3) is 5.56 Å². The van der Waals surface area contributed by atoms with Gasteiger partial charge in [-0.15, -0.1) is 0 Å². The van der Waals surface area contributed by atoms with E-state index in [1.165, 1.54) is 30.1 Å². The van der Waals surface area contributed by atoms with Crippen LogP contribution in [-0.4, -0.2) is 29.2 Å². The molecule has 0 saturated heterocycles. The minimum absolute atomic E-state index is 0.0372. The summed E-state index contributed by atoms with van der Waals surface area (Å²) < 4.78 is 64.8. The first-order valence-electron chi connectivity index (χ1n) is 8.67. The largest absolute Gasteiger partial charge is 0.458 e. The van der Waals surface area contributed by atoms with E-state index in [2.05, 4.69) is 14.7 Å². The Bertz CT molecular complexity index is 1480. The molecule has 0 atom stereocenters. The maximum absolute atomic E-state index is 14.1. The monoisotopic (exact) mass is 448 g/mol. The number of nitrogens with zero attached hydrogens (tertiary/aromatic N) is 3. The molecule has 0 bridgehead atoms. The highest BCUT2D eigenvalue weighted by molar-refractivity contribution is 7.91. The summed E-state index contributed by atoms with van der Waals surface area (Å²) in [6.45, 7) is 0. The van der Waals surface area contributed by atoms with Crippen LogP contribution in [0, 0.1) is 11.6 Å². The van der Waals surface area contributed by atoms with E-state index >= 15 is 0 Å². The highest BCUT2D eigenvalue weighted by Crippen LogP contribution is 2.36. The smallest absolute Gasteiger partial charge is 0.293 e. The highest BCUT2D eigenvalue weighted by Gasteiger charge is 2.20. The molecule has 0 aliphatic heterocycles. The van der Waals surface area contributed by atoms with Crippen LogP contribution in [0.5, 0.6) is 11.5 Å². The fourth-order valence-electron chi connectivity index (χ4n) is 2.89. The molecule has 0 aliphatic carbocycles. The fourth-order valence-corrected chi connectivity index (χ4v) is 3.32. The third-order valence-electron chi connectivity index (χ3n) is 4.19. The predicted octanol–water partition coefficient (Wildman–Crippen LogP) is 3.03. The quantitative estimate of drug-likeness (QED) is 0.499. The van der Waals surface area contributed by atoms with Crippen molar-refractivity contribution in [3.05, 3.63) is 64.9 Å². The van der Waals surface area contributed by atoms with Crippen LogP contribution in [0.1, 0.15) is 0 Å². The molecule has 0 radical (unpaired) electrons. The van der Waals surface area contributed by atoms with E-state index in [4.69, 9.17) is 9.15 Å². The van der Waals surface area contributed by atoms with Crippen molar-refractivity contribution in [2.45, 2.75) is 0 Å². The SMILES string of the molecule is Cn1cc(-c2nc(NS(C)(=O)=O)ncc2Oc2ccc(F)cc2F)c2ccoc2c1=O. The molecule has 3 heterocycles. The van der Waals surface area contributed by atoms with Crippen molar-refractivity contribution < 1.29 is 26.4 Å². The Hall–Kier alpha value is -3.80. The van der Waals surface area contributed by atoms with Gasteiger partial charge in [-0.2, -0.15) is 0 Å². The number of fused-ring (bicyclic) bond motifs is 1. The maximum Gasteiger partial charge on any atom is 0.293 e. The summed E-state index contributed by atoms with van der Waals surface area (Å²) in [6.07, 6.45) is 4.82. The molecule has 0 saturated carbocycles. The summed E-state index contributed by atoms with van der Waals surface area (Å²) in [7, 11) is -2.21. The van der Waals surface area contributed by atoms with Crippen molar-refractivity contribution in [3.8, 4) is 22.8 Å². The van der Waals surface area contributed by atoms with Crippen molar-refractivity contribution in [2.75, 3.05) is 11.0 Å². The number of anilines is 1. The number of sulfonamides is 1. The van der Waals surface area contributed by atoms with Crippen LogP contribution in [0.4, 0.5) is 14.7 Å². The number of furan rings is 1. The second-order valence-electron chi connectivity index (χ2n) is 6.58. The topological polar surface area (TPSA) is 116 Å². The molecule has 4 aromatic rings. The summed E-state index contributed by atoms with van der Waals surface area (Å²) in [6, 6.07) is 4.28. The van der Waals surface area contributed by atoms with Gasteiger partial charge < -0.3 is 13.7 Å². The van der Waals surface area contributed by atoms with Crippen molar-refractivity contribution in [2.24, 2.45) is 7.05 Å². The predicted molar refractivity (Wildman–Crippen MR) is 107 cm³/mol. The number of pyridine rings is 1. The van der Waals surface area contributed by atoms with E-state index in [1.54, 1.807) is 0 Å². The molecule has 0 unspecified atom stereocenters. The lowest BCUT2D eigenvalue weighted by Crippen LogP contribution is -2.16. The molecule has 0 spiro atoms. The van der Waals surface area contributed by atoms with E-state index in [0.29, 0.717) is 17.0 Å². The van der Waals surface area contributed by atoms with Crippen LogP contribution in [0.15, 0.2) is 52.1 Å². The molecule has 1 aromatic carbocycles. The molecule has 4 rings (SSSR count). The third kappa shape index (κ3) is 4.10. The van der Waals surface area contributed by atoms with E-state index in [9.17, 15) is 22.0 Å². The number of aryl methyl sites for hydroxylation is 1. The molecule has 0 fully saturated rings. The summed E-state index contributed by atoms with van der Waals surface area (Å²) in [5.74, 6) is -2.38. The average molecular weight is 448 g/mol. The Labute approximate surface area is 174 Å². The number of hydrogen-bond acceptors (Lipinski definition) is 7. The Morgan fingerprint density at radius 2 is 1.97 bits per heavy atom. The van der Waals surface area contributed by atoms with Gasteiger partial charge in [0.05, 0.1) is 18.7 Å². The Kier molecular flexibility index (Phi) is 4.93. The normalized spacial score (nSPS) is 11.6. The second kappa shape index (κ2) is 7.47. The first-order chi connectivity index (χ1) is 14.6. The number of rotatable bonds is 5. The van der Waals surface area contributed by atoms with E-state index in [1.807, 2.05) is 0 Å². The molecule has 1 N–H and O–H groups in total. The third-order valence-corrected chi connectivity index (χ3v) is 4.75. The van der Waals surface area contributed by atoms with Gasteiger partial charge in [-0.3, -0.25) is 9.52 Å². The average Bonchev–Trinajstić information content (AvgIpc) is 3.17. The molecular weight excluding hydrogens is 434 g/mol. The number of nitrogens with one attached hydrogen (secondary N) is 1. The molecule has 3 aromatic heterocycles. The van der Waals surface area contributed by atoms with Gasteiger partial charge in [0.2, 0.25) is 16.0 Å². The zero-order valence-corrected chi connectivity index (χ0v) is 16.9. The van der Waals surface area contributed by atoms with Crippen LogP contribution in [0.3, 0.4) is 0 Å². The van der Waals surface area contributed by atoms with Gasteiger partial charge in [0, 0.05) is 30.3 Å². The van der Waals surface area contributed by atoms with Gasteiger partial charge in [0.15, 0.2) is 22.9 Å². The number of halogens is 2. The van der Waals surface area contributed by atoms with Crippen molar-refractivity contribution in [3.63, 3.8) is 0 Å². The van der Waals surface area contributed by atoms with Crippen LogP contribution in [0.25, 0.3) is 22.2 Å². The highest BCUT2D eigenvalue weighted by atomic mass is 32.2. The minimum Gasteiger partial charge on any atom is -0.458 e. The lowest BCUT2D eigenvalue weighted by atomic mass is 10.1. The molecule has 12 heteroatoms. The molecule has 9 nitrogen and oxygen atoms in total. The second-order valence-corrected chi connectivity index (χ2v) is 8.33. The first-order valence-corrected chi connectivity index (χ1v) is 10.6. The number of aromatic nitrogens is 3. The van der Waals surface area contributed by atoms with Crippen molar-refractivity contribution in [1.29, 1.82) is 0 Å². The first kappa shape index (κ1) is 20.5. The van der Waals surface area contributed by atoms with Crippen LogP contribution >= 0.6 is 0 Å². The molecule has 31 heavy (non-hydrogen) atoms. The van der Waals surface area contributed by atoms with Gasteiger partial charge in [-0.1, -0.05) is 0 Å². The van der Waals surface area contributed by atoms with E-state index < -0.39 is 27.2 Å². The number of benzene rings is 1. The Balaban J connectivity index is 1.94. The Morgan fingerprint density at radius 1 is 1.19 bits per heavy atom. The van der Waals surface area contributed by atoms with Crippen molar-refractivity contribution in [1.82, 2.24) is 14.5 Å². The van der Waals surface area contributed by atoms with E-state index in [0.717, 1.165) is 24.6 Å². The summed E-state index contributed by atoms with van der Waals surface area (Å²) >= 11 is 0. The molecule has 0 amide bonds. The van der Waals surface area contributed by atoms with Gasteiger partial charge in [0.1, 0.15) is 11.5 Å². The van der Waals surface area contributed by atoms with Gasteiger partial charge >= 0.3 is 0 Å². The zero-order valence-electron chi connectivity index (χ0n) is 16.1. The van der Waals surface area contributed by atoms with Crippen LogP contribution in [0.2, 0.25) is 0 Å². The number of hydrogen-bond donors (Lipinski definition) is 1. The zero-order chi connectivity index (χ0) is 22.3. The van der Waals surface area contributed by atoms with E-state index in [-0.39, 0.29) is 28.7 Å². The minimum atomic E-state index is -3.70. The fraction of sp³-hybridized carbons (Fsp3) is 0.105. The number of ether oxygens (including phenoxy) is 1. The molecule has 160 valence electrons. The molecule has 0 aliphatic rings. The lowest BCUT2D eigenvalue weighted by molar-refractivity contribution is 0.436. The Morgan fingerprint density at radius 3 is 2.68 bits per heavy atom. The summed E-state index contributed by atoms with van der Waals surface area (Å²) in [5, 5.41) is 0.372. The standard InChI is InChI=1S/C19H14F2N4O5S/c1-25-9-12(11-5-6-29-17(11)18(25)26)16-15(8-22-19(23-16)24-31(2,27)28)30-14-4-3-10(20)7-13(14)21/h3-9H,1-2H3,(H,22,23,24). The van der Waals surface area contributed by atoms with Crippen LogP contribution in [-0.2, 0) is 17.1 Å². The van der Waals surface area contributed by atoms with Gasteiger partial charge in [-0.25, -0.2) is 27.2 Å². The summed E-state index contributed by atoms with van der Waals surface area (Å²) in [5.41, 5.74) is 0.0173. The molecular formula is C19H14F2N4O5S. The van der Waals surface area contributed by atoms with Gasteiger partial charge in [-0.05, 0) is 18.2 Å².